The lowest BCUT2D eigenvalue weighted by atomic mass is 10.1. The van der Waals surface area contributed by atoms with Gasteiger partial charge in [0.1, 0.15) is 10.8 Å². The molecule has 0 amide bonds. The molecule has 0 aliphatic rings. The van der Waals surface area contributed by atoms with Gasteiger partial charge in [-0.1, -0.05) is 6.92 Å². The van der Waals surface area contributed by atoms with Crippen LogP contribution in [0.1, 0.15) is 27.2 Å². The van der Waals surface area contributed by atoms with Gasteiger partial charge in [0, 0.05) is 11.1 Å². The van der Waals surface area contributed by atoms with E-state index in [1.807, 2.05) is 6.92 Å². The Hall–Kier alpha value is -2.15. The Morgan fingerprint density at radius 3 is 2.90 bits per heavy atom. The van der Waals surface area contributed by atoms with E-state index in [9.17, 15) is 9.18 Å². The van der Waals surface area contributed by atoms with Gasteiger partial charge in [0.15, 0.2) is 0 Å². The van der Waals surface area contributed by atoms with Crippen LogP contribution in [0.15, 0.2) is 18.3 Å². The Balaban J connectivity index is 2.13. The summed E-state index contributed by atoms with van der Waals surface area (Å²) in [5, 5.41) is 12.6. The van der Waals surface area contributed by atoms with Crippen molar-refractivity contribution in [1.82, 2.24) is 4.98 Å². The summed E-state index contributed by atoms with van der Waals surface area (Å²) in [6.07, 6.45) is 2.72. The minimum atomic E-state index is -1.34. The van der Waals surface area contributed by atoms with E-state index >= 15 is 0 Å². The van der Waals surface area contributed by atoms with E-state index in [1.165, 1.54) is 4.88 Å². The number of aromatic carboxylic acids is 1. The average Bonchev–Trinajstić information content (AvgIpc) is 2.87. The van der Waals surface area contributed by atoms with Gasteiger partial charge >= 0.3 is 5.97 Å². The molecule has 0 aliphatic heterocycles. The van der Waals surface area contributed by atoms with Gasteiger partial charge in [0.05, 0.1) is 23.5 Å². The first-order valence-corrected chi connectivity index (χ1v) is 6.82. The number of hydrogen-bond acceptors (Lipinski definition) is 5. The standard InChI is InChI=1S/C13H14FN3O2S/c1-2-7-5-17-12(20-7)6-16-11-4-9(14)8(13(18)19)3-10(11)15/h3-5,16H,2,6,15H2,1H3,(H,18,19). The second kappa shape index (κ2) is 5.87. The zero-order valence-electron chi connectivity index (χ0n) is 10.8. The highest BCUT2D eigenvalue weighted by molar-refractivity contribution is 7.11. The number of nitrogens with one attached hydrogen (secondary N) is 1. The number of nitrogen functional groups attached to an aromatic ring is 1. The highest BCUT2D eigenvalue weighted by Gasteiger charge is 2.13. The minimum Gasteiger partial charge on any atom is -0.478 e. The van der Waals surface area contributed by atoms with Crippen LogP contribution >= 0.6 is 11.3 Å². The van der Waals surface area contributed by atoms with Crippen molar-refractivity contribution in [2.45, 2.75) is 19.9 Å². The van der Waals surface area contributed by atoms with Crippen molar-refractivity contribution in [2.24, 2.45) is 0 Å². The number of benzene rings is 1. The van der Waals surface area contributed by atoms with Gasteiger partial charge in [-0.15, -0.1) is 11.3 Å². The number of nitrogens with zero attached hydrogens (tertiary/aromatic N) is 1. The van der Waals surface area contributed by atoms with Crippen LogP contribution in [0.3, 0.4) is 0 Å². The number of nitrogens with two attached hydrogens (primary N) is 1. The van der Waals surface area contributed by atoms with Crippen LogP contribution in [-0.4, -0.2) is 16.1 Å². The first kappa shape index (κ1) is 14.3. The predicted molar refractivity (Wildman–Crippen MR) is 76.6 cm³/mol. The summed E-state index contributed by atoms with van der Waals surface area (Å²) in [4.78, 5) is 16.2. The van der Waals surface area contributed by atoms with Crippen LogP contribution in [0.25, 0.3) is 0 Å². The third kappa shape index (κ3) is 3.05. The van der Waals surface area contributed by atoms with Crippen molar-refractivity contribution in [3.63, 3.8) is 0 Å². The fraction of sp³-hybridized carbons (Fsp3) is 0.231. The summed E-state index contributed by atoms with van der Waals surface area (Å²) in [5.41, 5.74) is 5.83. The second-order valence-electron chi connectivity index (χ2n) is 4.15. The summed E-state index contributed by atoms with van der Waals surface area (Å²) in [6, 6.07) is 2.20. The maximum absolute atomic E-state index is 13.6. The Kier molecular flexibility index (Phi) is 4.19. The SMILES string of the molecule is CCc1cnc(CNc2cc(F)c(C(=O)O)cc2N)s1. The number of hydrogen-bond donors (Lipinski definition) is 3. The number of aromatic nitrogens is 1. The van der Waals surface area contributed by atoms with E-state index in [-0.39, 0.29) is 5.69 Å². The van der Waals surface area contributed by atoms with Gasteiger partial charge < -0.3 is 16.2 Å². The molecule has 106 valence electrons. The first-order valence-electron chi connectivity index (χ1n) is 6.01. The molecule has 5 nitrogen and oxygen atoms in total. The van der Waals surface area contributed by atoms with Crippen molar-refractivity contribution >= 4 is 28.7 Å². The average molecular weight is 295 g/mol. The summed E-state index contributed by atoms with van der Waals surface area (Å²) in [6.45, 7) is 2.46. The maximum Gasteiger partial charge on any atom is 0.338 e. The molecule has 0 radical (unpaired) electrons. The van der Waals surface area contributed by atoms with Gasteiger partial charge in [0.2, 0.25) is 0 Å². The van der Waals surface area contributed by atoms with Gasteiger partial charge in [-0.25, -0.2) is 14.2 Å². The van der Waals surface area contributed by atoms with Gasteiger partial charge in [-0.2, -0.15) is 0 Å². The summed E-state index contributed by atoms with van der Waals surface area (Å²) in [5.74, 6) is -2.16. The summed E-state index contributed by atoms with van der Waals surface area (Å²) in [7, 11) is 0. The molecular weight excluding hydrogens is 281 g/mol. The molecule has 1 aromatic carbocycles. The third-order valence-corrected chi connectivity index (χ3v) is 3.89. The maximum atomic E-state index is 13.6. The molecule has 0 spiro atoms. The highest BCUT2D eigenvalue weighted by Crippen LogP contribution is 2.24. The fourth-order valence-electron chi connectivity index (χ4n) is 1.67. The number of halogens is 1. The highest BCUT2D eigenvalue weighted by atomic mass is 32.1. The molecule has 0 atom stereocenters. The van der Waals surface area contributed by atoms with Crippen LogP contribution in [0.2, 0.25) is 0 Å². The lowest BCUT2D eigenvalue weighted by Gasteiger charge is -2.09. The lowest BCUT2D eigenvalue weighted by molar-refractivity contribution is 0.0692. The van der Waals surface area contributed by atoms with Crippen molar-refractivity contribution < 1.29 is 14.3 Å². The largest absolute Gasteiger partial charge is 0.478 e. The molecular formula is C13H14FN3O2S. The van der Waals surface area contributed by atoms with Crippen LogP contribution in [-0.2, 0) is 13.0 Å². The topological polar surface area (TPSA) is 88.2 Å². The molecule has 0 bridgehead atoms. The van der Waals surface area contributed by atoms with Crippen LogP contribution < -0.4 is 11.1 Å². The molecule has 2 rings (SSSR count). The van der Waals surface area contributed by atoms with Gasteiger partial charge in [-0.05, 0) is 18.6 Å². The molecule has 4 N–H and O–H groups in total. The molecule has 20 heavy (non-hydrogen) atoms. The zero-order chi connectivity index (χ0) is 14.7. The number of anilines is 2. The Bertz CT molecular complexity index is 643. The minimum absolute atomic E-state index is 0.191. The summed E-state index contributed by atoms with van der Waals surface area (Å²) < 4.78 is 13.6. The van der Waals surface area contributed by atoms with Crippen molar-refractivity contribution in [2.75, 3.05) is 11.1 Å². The molecule has 7 heteroatoms. The number of rotatable bonds is 5. The van der Waals surface area contributed by atoms with E-state index in [1.54, 1.807) is 17.5 Å². The number of aryl methyl sites for hydroxylation is 1. The first-order chi connectivity index (χ1) is 9.51. The molecule has 0 unspecified atom stereocenters. The predicted octanol–water partition coefficient (Wildman–Crippen LogP) is 2.74. The number of thiazole rings is 1. The molecule has 2 aromatic rings. The number of carboxylic acid groups (broad SMARTS) is 1. The van der Waals surface area contributed by atoms with E-state index in [2.05, 4.69) is 10.3 Å². The van der Waals surface area contributed by atoms with E-state index < -0.39 is 17.3 Å². The Labute approximate surface area is 119 Å². The van der Waals surface area contributed by atoms with Crippen LogP contribution in [0.5, 0.6) is 0 Å². The normalized spacial score (nSPS) is 10.5. The lowest BCUT2D eigenvalue weighted by Crippen LogP contribution is -2.07. The van der Waals surface area contributed by atoms with E-state index in [0.717, 1.165) is 23.6 Å². The van der Waals surface area contributed by atoms with Gasteiger partial charge in [0.25, 0.3) is 0 Å². The number of carbonyl (C=O) groups is 1. The van der Waals surface area contributed by atoms with E-state index in [0.29, 0.717) is 12.2 Å². The van der Waals surface area contributed by atoms with Crippen molar-refractivity contribution in [3.05, 3.63) is 39.6 Å². The summed E-state index contributed by atoms with van der Waals surface area (Å²) >= 11 is 1.57. The molecule has 0 aliphatic carbocycles. The molecule has 0 fully saturated rings. The van der Waals surface area contributed by atoms with Crippen molar-refractivity contribution in [3.8, 4) is 0 Å². The van der Waals surface area contributed by atoms with Crippen LogP contribution in [0.4, 0.5) is 15.8 Å². The Morgan fingerprint density at radius 2 is 2.30 bits per heavy atom. The molecule has 1 aromatic heterocycles. The smallest absolute Gasteiger partial charge is 0.338 e. The zero-order valence-corrected chi connectivity index (χ0v) is 11.6. The number of carboxylic acids is 1. The van der Waals surface area contributed by atoms with Crippen LogP contribution in [0, 0.1) is 5.82 Å². The Morgan fingerprint density at radius 1 is 1.55 bits per heavy atom. The second-order valence-corrected chi connectivity index (χ2v) is 5.35. The quantitative estimate of drug-likeness (QED) is 0.738. The molecule has 0 saturated carbocycles. The van der Waals surface area contributed by atoms with Crippen molar-refractivity contribution in [1.29, 1.82) is 0 Å². The monoisotopic (exact) mass is 295 g/mol. The molecule has 0 saturated heterocycles. The molecule has 1 heterocycles. The van der Waals surface area contributed by atoms with E-state index in [4.69, 9.17) is 10.8 Å². The fourth-order valence-corrected chi connectivity index (χ4v) is 2.47. The van der Waals surface area contributed by atoms with Gasteiger partial charge in [-0.3, -0.25) is 0 Å². The third-order valence-electron chi connectivity index (χ3n) is 2.75.